The van der Waals surface area contributed by atoms with Crippen LogP contribution in [0.2, 0.25) is 10.0 Å². The van der Waals surface area contributed by atoms with Crippen molar-refractivity contribution in [2.45, 2.75) is 49.0 Å². The molecule has 0 atom stereocenters. The van der Waals surface area contributed by atoms with Gasteiger partial charge in [-0.25, -0.2) is 8.78 Å². The average molecular weight is 543 g/mol. The van der Waals surface area contributed by atoms with Crippen molar-refractivity contribution in [2.75, 3.05) is 39.5 Å². The summed E-state index contributed by atoms with van der Waals surface area (Å²) in [4.78, 5) is 0. The molecule has 0 bridgehead atoms. The number of rotatable bonds is 10. The van der Waals surface area contributed by atoms with Gasteiger partial charge in [0.15, 0.2) is 11.2 Å². The third kappa shape index (κ3) is 6.06. The van der Waals surface area contributed by atoms with Crippen molar-refractivity contribution in [3.8, 4) is 11.5 Å². The molecule has 36 heavy (non-hydrogen) atoms. The van der Waals surface area contributed by atoms with Crippen LogP contribution in [0, 0.1) is 11.6 Å². The number of ether oxygens (including phenoxy) is 4. The van der Waals surface area contributed by atoms with Crippen molar-refractivity contribution in [3.05, 3.63) is 58.1 Å². The standard InChI is InChI=1S/C26H30Cl2F2N2O4/c27-21-7-5-19(9-23(21)29)35-25(13-33-14-25)11-31-17-1-2-18(4-3-17)32-12-26(15-34-16-26)36-20-6-8-22(28)24(30)10-20/h5-10,17-18,31-32H,1-4,11-16H2/t17-,18-. The highest BCUT2D eigenvalue weighted by molar-refractivity contribution is 6.31. The first-order valence-electron chi connectivity index (χ1n) is 12.2. The van der Waals surface area contributed by atoms with E-state index < -0.39 is 22.8 Å². The number of benzene rings is 2. The average Bonchev–Trinajstić information content (AvgIpc) is 2.82. The van der Waals surface area contributed by atoms with Crippen LogP contribution in [0.3, 0.4) is 0 Å². The number of nitrogens with one attached hydrogen (secondary N) is 2. The van der Waals surface area contributed by atoms with Crippen LogP contribution in [-0.4, -0.2) is 62.8 Å². The van der Waals surface area contributed by atoms with Gasteiger partial charge >= 0.3 is 0 Å². The Morgan fingerprint density at radius 2 is 1.11 bits per heavy atom. The Morgan fingerprint density at radius 3 is 1.42 bits per heavy atom. The van der Waals surface area contributed by atoms with E-state index in [1.165, 1.54) is 24.3 Å². The maximum atomic E-state index is 13.8. The molecule has 196 valence electrons. The Hall–Kier alpha value is -1.68. The molecule has 2 aromatic rings. The lowest BCUT2D eigenvalue weighted by atomic mass is 9.89. The molecular weight excluding hydrogens is 513 g/mol. The van der Waals surface area contributed by atoms with Gasteiger partial charge in [-0.1, -0.05) is 23.2 Å². The van der Waals surface area contributed by atoms with E-state index in [0.717, 1.165) is 25.7 Å². The van der Waals surface area contributed by atoms with Gasteiger partial charge in [0.2, 0.25) is 0 Å². The van der Waals surface area contributed by atoms with E-state index in [2.05, 4.69) is 10.6 Å². The molecule has 0 spiro atoms. The molecule has 0 unspecified atom stereocenters. The normalized spacial score (nSPS) is 24.4. The van der Waals surface area contributed by atoms with Gasteiger partial charge in [0.1, 0.15) is 23.1 Å². The van der Waals surface area contributed by atoms with Gasteiger partial charge in [0.05, 0.1) is 36.5 Å². The van der Waals surface area contributed by atoms with E-state index in [9.17, 15) is 8.78 Å². The largest absolute Gasteiger partial charge is 0.481 e. The number of hydrogen-bond donors (Lipinski definition) is 2. The van der Waals surface area contributed by atoms with Gasteiger partial charge in [0.25, 0.3) is 0 Å². The first kappa shape index (κ1) is 25.9. The zero-order valence-corrected chi connectivity index (χ0v) is 21.3. The molecule has 0 aromatic heterocycles. The van der Waals surface area contributed by atoms with Crippen LogP contribution in [0.25, 0.3) is 0 Å². The fraction of sp³-hybridized carbons (Fsp3) is 0.538. The summed E-state index contributed by atoms with van der Waals surface area (Å²) in [6.45, 7) is 3.11. The summed E-state index contributed by atoms with van der Waals surface area (Å²) in [5, 5.41) is 7.40. The highest BCUT2D eigenvalue weighted by Crippen LogP contribution is 2.30. The van der Waals surface area contributed by atoms with E-state index in [0.29, 0.717) is 63.1 Å². The minimum atomic E-state index is -0.496. The second kappa shape index (κ2) is 11.0. The summed E-state index contributed by atoms with van der Waals surface area (Å²) in [6, 6.07) is 9.73. The predicted octanol–water partition coefficient (Wildman–Crippen LogP) is 4.76. The van der Waals surface area contributed by atoms with Crippen LogP contribution in [0.4, 0.5) is 8.78 Å². The summed E-state index contributed by atoms with van der Waals surface area (Å²) < 4.78 is 50.6. The highest BCUT2D eigenvalue weighted by atomic mass is 35.5. The predicted molar refractivity (Wildman–Crippen MR) is 133 cm³/mol. The van der Waals surface area contributed by atoms with Gasteiger partial charge in [-0.3, -0.25) is 0 Å². The summed E-state index contributed by atoms with van der Waals surface area (Å²) in [5.74, 6) is -0.0895. The molecule has 2 saturated heterocycles. The first-order valence-corrected chi connectivity index (χ1v) is 13.0. The van der Waals surface area contributed by atoms with Crippen molar-refractivity contribution in [2.24, 2.45) is 0 Å². The van der Waals surface area contributed by atoms with Crippen molar-refractivity contribution >= 4 is 23.2 Å². The molecule has 2 heterocycles. The van der Waals surface area contributed by atoms with Crippen molar-refractivity contribution < 1.29 is 27.7 Å². The van der Waals surface area contributed by atoms with Gasteiger partial charge in [-0.15, -0.1) is 0 Å². The molecule has 3 aliphatic rings. The summed E-state index contributed by atoms with van der Waals surface area (Å²) in [7, 11) is 0. The first-order chi connectivity index (χ1) is 17.3. The monoisotopic (exact) mass is 542 g/mol. The summed E-state index contributed by atoms with van der Waals surface area (Å²) >= 11 is 11.6. The maximum absolute atomic E-state index is 13.8. The minimum absolute atomic E-state index is 0.0750. The van der Waals surface area contributed by atoms with Crippen LogP contribution >= 0.6 is 23.2 Å². The van der Waals surface area contributed by atoms with Crippen molar-refractivity contribution in [1.82, 2.24) is 10.6 Å². The Kier molecular flexibility index (Phi) is 7.91. The van der Waals surface area contributed by atoms with E-state index in [1.54, 1.807) is 12.1 Å². The van der Waals surface area contributed by atoms with Gasteiger partial charge in [0, 0.05) is 37.3 Å². The molecule has 1 saturated carbocycles. The lowest BCUT2D eigenvalue weighted by molar-refractivity contribution is -0.160. The molecule has 2 N–H and O–H groups in total. The molecule has 3 fully saturated rings. The highest BCUT2D eigenvalue weighted by Gasteiger charge is 2.43. The second-order valence-corrected chi connectivity index (χ2v) is 10.8. The lowest BCUT2D eigenvalue weighted by Gasteiger charge is -2.44. The van der Waals surface area contributed by atoms with Crippen molar-refractivity contribution in [1.29, 1.82) is 0 Å². The Balaban J connectivity index is 1.06. The number of halogens is 4. The smallest absolute Gasteiger partial charge is 0.167 e. The summed E-state index contributed by atoms with van der Waals surface area (Å²) in [6.07, 6.45) is 4.10. The van der Waals surface area contributed by atoms with E-state index in [-0.39, 0.29) is 10.0 Å². The Labute approximate surface area is 219 Å². The zero-order valence-electron chi connectivity index (χ0n) is 19.8. The Bertz CT molecular complexity index is 977. The SMILES string of the molecule is Fc1cc(OC2(CN[C@H]3CC[C@H](NCC4(Oc5ccc(Cl)c(F)c5)COC4)CC3)COC2)ccc1Cl. The molecular formula is C26H30Cl2F2N2O4. The zero-order chi connectivity index (χ0) is 25.2. The van der Waals surface area contributed by atoms with Crippen LogP contribution in [0.15, 0.2) is 36.4 Å². The molecule has 2 aromatic carbocycles. The fourth-order valence-electron chi connectivity index (χ4n) is 4.80. The lowest BCUT2D eigenvalue weighted by Crippen LogP contribution is -2.62. The van der Waals surface area contributed by atoms with E-state index in [1.807, 2.05) is 0 Å². The maximum Gasteiger partial charge on any atom is 0.167 e. The second-order valence-electron chi connectivity index (χ2n) is 10.0. The molecule has 0 amide bonds. The molecule has 2 aliphatic heterocycles. The van der Waals surface area contributed by atoms with Gasteiger partial charge in [-0.2, -0.15) is 0 Å². The van der Waals surface area contributed by atoms with Crippen LogP contribution in [0.5, 0.6) is 11.5 Å². The topological polar surface area (TPSA) is 61.0 Å². The molecule has 1 aliphatic carbocycles. The van der Waals surface area contributed by atoms with Crippen LogP contribution in [0.1, 0.15) is 25.7 Å². The quantitative estimate of drug-likeness (QED) is 0.451. The van der Waals surface area contributed by atoms with Crippen molar-refractivity contribution in [3.63, 3.8) is 0 Å². The van der Waals surface area contributed by atoms with Gasteiger partial charge < -0.3 is 29.6 Å². The van der Waals surface area contributed by atoms with E-state index in [4.69, 9.17) is 42.1 Å². The molecule has 6 nitrogen and oxygen atoms in total. The summed E-state index contributed by atoms with van der Waals surface area (Å²) in [5.41, 5.74) is -0.991. The van der Waals surface area contributed by atoms with Crippen LogP contribution < -0.4 is 20.1 Å². The minimum Gasteiger partial charge on any atom is -0.481 e. The Morgan fingerprint density at radius 1 is 0.722 bits per heavy atom. The fourth-order valence-corrected chi connectivity index (χ4v) is 5.03. The number of hydrogen-bond acceptors (Lipinski definition) is 6. The third-order valence-corrected chi connectivity index (χ3v) is 7.68. The third-order valence-electron chi connectivity index (χ3n) is 7.06. The van der Waals surface area contributed by atoms with E-state index >= 15 is 0 Å². The molecule has 0 radical (unpaired) electrons. The molecule has 5 rings (SSSR count). The van der Waals surface area contributed by atoms with Gasteiger partial charge in [-0.05, 0) is 49.9 Å². The van der Waals surface area contributed by atoms with Crippen LogP contribution in [-0.2, 0) is 9.47 Å². The molecule has 10 heteroatoms.